The van der Waals surface area contributed by atoms with Gasteiger partial charge in [0.1, 0.15) is 0 Å². The number of thiazole rings is 1. The van der Waals surface area contributed by atoms with Gasteiger partial charge in [-0.25, -0.2) is 13.4 Å². The van der Waals surface area contributed by atoms with Gasteiger partial charge in [-0.05, 0) is 49.6 Å². The van der Waals surface area contributed by atoms with E-state index in [0.29, 0.717) is 46.6 Å². The third kappa shape index (κ3) is 4.70. The van der Waals surface area contributed by atoms with Crippen LogP contribution in [-0.4, -0.2) is 31.7 Å². The second-order valence-corrected chi connectivity index (χ2v) is 12.1. The van der Waals surface area contributed by atoms with Crippen LogP contribution in [0, 0.1) is 6.92 Å². The Hall–Kier alpha value is -1.02. The van der Waals surface area contributed by atoms with Crippen LogP contribution in [0.5, 0.6) is 0 Å². The standard InChI is InChI=1S/C21H18Cl4N2O2S2/c1-12-8-20(18(25)10-16(12)23)31(28,29)14-4-6-27(7-5-14)21-26-19(11-30-21)13-2-3-15(22)17(24)9-13/h2-3,8-11,14H,4-7H2,1H3. The molecule has 0 radical (unpaired) electrons. The molecule has 1 fully saturated rings. The number of aromatic nitrogens is 1. The van der Waals surface area contributed by atoms with Gasteiger partial charge in [-0.3, -0.25) is 0 Å². The molecule has 10 heteroatoms. The summed E-state index contributed by atoms with van der Waals surface area (Å²) in [4.78, 5) is 6.99. The Kier molecular flexibility index (Phi) is 6.78. The lowest BCUT2D eigenvalue weighted by atomic mass is 10.1. The summed E-state index contributed by atoms with van der Waals surface area (Å²) in [5.74, 6) is 0. The number of hydrogen-bond donors (Lipinski definition) is 0. The van der Waals surface area contributed by atoms with Gasteiger partial charge < -0.3 is 4.90 Å². The van der Waals surface area contributed by atoms with Gasteiger partial charge in [-0.15, -0.1) is 11.3 Å². The number of anilines is 1. The summed E-state index contributed by atoms with van der Waals surface area (Å²) in [6, 6.07) is 8.48. The maximum Gasteiger partial charge on any atom is 0.185 e. The first-order valence-electron chi connectivity index (χ1n) is 9.52. The van der Waals surface area contributed by atoms with Crippen LogP contribution in [0.15, 0.2) is 40.6 Å². The zero-order chi connectivity index (χ0) is 22.3. The Morgan fingerprint density at radius 2 is 1.68 bits per heavy atom. The normalized spacial score (nSPS) is 15.5. The highest BCUT2D eigenvalue weighted by Crippen LogP contribution is 2.36. The van der Waals surface area contributed by atoms with Gasteiger partial charge in [0.25, 0.3) is 0 Å². The molecule has 31 heavy (non-hydrogen) atoms. The minimum absolute atomic E-state index is 0.158. The van der Waals surface area contributed by atoms with Crippen molar-refractivity contribution in [2.45, 2.75) is 29.9 Å². The predicted molar refractivity (Wildman–Crippen MR) is 131 cm³/mol. The van der Waals surface area contributed by atoms with E-state index in [2.05, 4.69) is 4.90 Å². The SMILES string of the molecule is Cc1cc(S(=O)(=O)C2CCN(c3nc(-c4ccc(Cl)c(Cl)c4)cs3)CC2)c(Cl)cc1Cl. The Balaban J connectivity index is 1.48. The first-order chi connectivity index (χ1) is 14.7. The van der Waals surface area contributed by atoms with Crippen molar-refractivity contribution in [3.8, 4) is 11.3 Å². The molecule has 4 nitrogen and oxygen atoms in total. The molecule has 0 bridgehead atoms. The Labute approximate surface area is 205 Å². The molecule has 1 aliphatic heterocycles. The summed E-state index contributed by atoms with van der Waals surface area (Å²) in [6.45, 7) is 2.97. The number of nitrogens with zero attached hydrogens (tertiary/aromatic N) is 2. The van der Waals surface area contributed by atoms with Crippen LogP contribution in [0.25, 0.3) is 11.3 Å². The molecule has 3 aromatic rings. The van der Waals surface area contributed by atoms with Crippen LogP contribution in [-0.2, 0) is 9.84 Å². The third-order valence-corrected chi connectivity index (χ3v) is 10.2. The Morgan fingerprint density at radius 3 is 2.35 bits per heavy atom. The van der Waals surface area contributed by atoms with E-state index in [1.54, 1.807) is 25.1 Å². The molecule has 1 saturated heterocycles. The summed E-state index contributed by atoms with van der Waals surface area (Å²) >= 11 is 25.9. The number of halogens is 4. The predicted octanol–water partition coefficient (Wildman–Crippen LogP) is 7.17. The van der Waals surface area contributed by atoms with Crippen LogP contribution < -0.4 is 4.90 Å². The lowest BCUT2D eigenvalue weighted by Crippen LogP contribution is -2.39. The van der Waals surface area contributed by atoms with Crippen molar-refractivity contribution in [3.63, 3.8) is 0 Å². The van der Waals surface area contributed by atoms with Crippen LogP contribution in [0.1, 0.15) is 18.4 Å². The summed E-state index contributed by atoms with van der Waals surface area (Å²) < 4.78 is 26.4. The van der Waals surface area contributed by atoms with E-state index in [1.807, 2.05) is 11.4 Å². The molecule has 0 aliphatic carbocycles. The van der Waals surface area contributed by atoms with Crippen molar-refractivity contribution in [2.75, 3.05) is 18.0 Å². The lowest BCUT2D eigenvalue weighted by molar-refractivity contribution is 0.529. The average molecular weight is 536 g/mol. The number of benzene rings is 2. The van der Waals surface area contributed by atoms with Crippen molar-refractivity contribution in [3.05, 3.63) is 61.4 Å². The molecular formula is C21H18Cl4N2O2S2. The molecule has 0 saturated carbocycles. The number of sulfone groups is 1. The van der Waals surface area contributed by atoms with Gasteiger partial charge in [0.05, 0.1) is 30.9 Å². The Bertz CT molecular complexity index is 1240. The molecule has 164 valence electrons. The Morgan fingerprint density at radius 1 is 0.968 bits per heavy atom. The van der Waals surface area contributed by atoms with Gasteiger partial charge in [-0.2, -0.15) is 0 Å². The lowest BCUT2D eigenvalue weighted by Gasteiger charge is -2.31. The van der Waals surface area contributed by atoms with E-state index < -0.39 is 15.1 Å². The second kappa shape index (κ2) is 9.08. The van der Waals surface area contributed by atoms with E-state index in [0.717, 1.165) is 16.4 Å². The van der Waals surface area contributed by atoms with Crippen LogP contribution >= 0.6 is 57.7 Å². The molecule has 0 spiro atoms. The number of piperidine rings is 1. The zero-order valence-electron chi connectivity index (χ0n) is 16.4. The van der Waals surface area contributed by atoms with E-state index in [4.69, 9.17) is 51.4 Å². The molecule has 2 aromatic carbocycles. The third-order valence-electron chi connectivity index (χ3n) is 5.38. The summed E-state index contributed by atoms with van der Waals surface area (Å²) in [5.41, 5.74) is 2.40. The minimum atomic E-state index is -3.55. The van der Waals surface area contributed by atoms with E-state index in [1.165, 1.54) is 17.4 Å². The van der Waals surface area contributed by atoms with Gasteiger partial charge in [0.2, 0.25) is 0 Å². The van der Waals surface area contributed by atoms with E-state index in [9.17, 15) is 8.42 Å². The molecular weight excluding hydrogens is 518 g/mol. The van der Waals surface area contributed by atoms with E-state index >= 15 is 0 Å². The van der Waals surface area contributed by atoms with Crippen molar-refractivity contribution in [1.29, 1.82) is 0 Å². The van der Waals surface area contributed by atoms with Gasteiger partial charge in [0.15, 0.2) is 15.0 Å². The molecule has 0 atom stereocenters. The monoisotopic (exact) mass is 534 g/mol. The number of aryl methyl sites for hydroxylation is 1. The first-order valence-corrected chi connectivity index (χ1v) is 13.5. The van der Waals surface area contributed by atoms with Gasteiger partial charge in [0, 0.05) is 29.1 Å². The maximum atomic E-state index is 13.2. The quantitative estimate of drug-likeness (QED) is 0.355. The minimum Gasteiger partial charge on any atom is -0.348 e. The van der Waals surface area contributed by atoms with Crippen LogP contribution in [0.4, 0.5) is 5.13 Å². The van der Waals surface area contributed by atoms with Gasteiger partial charge >= 0.3 is 0 Å². The smallest absolute Gasteiger partial charge is 0.185 e. The highest BCUT2D eigenvalue weighted by molar-refractivity contribution is 7.92. The van der Waals surface area contributed by atoms with Gasteiger partial charge in [-0.1, -0.05) is 52.5 Å². The molecule has 0 unspecified atom stereocenters. The fourth-order valence-electron chi connectivity index (χ4n) is 3.58. The summed E-state index contributed by atoms with van der Waals surface area (Å²) in [6.07, 6.45) is 1.00. The largest absolute Gasteiger partial charge is 0.348 e. The number of hydrogen-bond acceptors (Lipinski definition) is 5. The second-order valence-electron chi connectivity index (χ2n) is 7.41. The fraction of sp³-hybridized carbons (Fsp3) is 0.286. The molecule has 4 rings (SSSR count). The topological polar surface area (TPSA) is 50.3 Å². The van der Waals surface area contributed by atoms with Crippen molar-refractivity contribution < 1.29 is 8.42 Å². The zero-order valence-corrected chi connectivity index (χ0v) is 21.1. The van der Waals surface area contributed by atoms with E-state index in [-0.39, 0.29) is 9.92 Å². The highest BCUT2D eigenvalue weighted by atomic mass is 35.5. The molecule has 0 amide bonds. The molecule has 0 N–H and O–H groups in total. The van der Waals surface area contributed by atoms with Crippen LogP contribution in [0.3, 0.4) is 0 Å². The average Bonchev–Trinajstić information content (AvgIpc) is 3.23. The molecule has 2 heterocycles. The highest BCUT2D eigenvalue weighted by Gasteiger charge is 2.33. The van der Waals surface area contributed by atoms with Crippen molar-refractivity contribution in [2.24, 2.45) is 0 Å². The fourth-order valence-corrected chi connectivity index (χ4v) is 7.34. The summed E-state index contributed by atoms with van der Waals surface area (Å²) in [7, 11) is -3.55. The van der Waals surface area contributed by atoms with Crippen molar-refractivity contribution >= 4 is 72.7 Å². The first kappa shape index (κ1) is 23.1. The molecule has 1 aromatic heterocycles. The van der Waals surface area contributed by atoms with Crippen LogP contribution in [0.2, 0.25) is 20.1 Å². The maximum absolute atomic E-state index is 13.2. The molecule has 1 aliphatic rings. The van der Waals surface area contributed by atoms with Crippen molar-refractivity contribution in [1.82, 2.24) is 4.98 Å². The number of rotatable bonds is 4. The summed E-state index contributed by atoms with van der Waals surface area (Å²) in [5, 5.41) is 3.95.